The predicted molar refractivity (Wildman–Crippen MR) is 138 cm³/mol. The SMILES string of the molecule is O=C(NC1CCCCC1)N1CC=C(C2Cc3c(Nc4ccc5ncsc5c4)ccnc3N2)CC1. The topological polar surface area (TPSA) is 82.2 Å². The number of rotatable bonds is 4. The van der Waals surface area contributed by atoms with Gasteiger partial charge in [0.1, 0.15) is 5.82 Å². The Morgan fingerprint density at radius 2 is 2.06 bits per heavy atom. The van der Waals surface area contributed by atoms with E-state index in [4.69, 9.17) is 0 Å². The first-order valence-electron chi connectivity index (χ1n) is 12.3. The number of urea groups is 1. The number of hydrogen-bond acceptors (Lipinski definition) is 6. The zero-order chi connectivity index (χ0) is 22.9. The van der Waals surface area contributed by atoms with Gasteiger partial charge < -0.3 is 20.9 Å². The van der Waals surface area contributed by atoms with E-state index >= 15 is 0 Å². The lowest BCUT2D eigenvalue weighted by atomic mass is 9.95. The second-order valence-corrected chi connectivity index (χ2v) is 10.4. The molecule has 1 aliphatic carbocycles. The summed E-state index contributed by atoms with van der Waals surface area (Å²) in [6, 6.07) is 9.01. The van der Waals surface area contributed by atoms with Crippen molar-refractivity contribution < 1.29 is 4.79 Å². The molecule has 1 aromatic carbocycles. The Morgan fingerprint density at radius 1 is 1.15 bits per heavy atom. The number of hydrogen-bond donors (Lipinski definition) is 3. The molecule has 0 spiro atoms. The van der Waals surface area contributed by atoms with Crippen molar-refractivity contribution in [3.05, 3.63) is 53.2 Å². The lowest BCUT2D eigenvalue weighted by Crippen LogP contribution is -2.47. The second kappa shape index (κ2) is 9.25. The summed E-state index contributed by atoms with van der Waals surface area (Å²) in [5.41, 5.74) is 7.65. The number of carbonyl (C=O) groups excluding carboxylic acids is 1. The number of amides is 2. The number of aromatic nitrogens is 2. The Balaban J connectivity index is 1.10. The number of benzene rings is 1. The van der Waals surface area contributed by atoms with Crippen LogP contribution in [0.1, 0.15) is 44.1 Å². The summed E-state index contributed by atoms with van der Waals surface area (Å²) in [5, 5.41) is 10.5. The van der Waals surface area contributed by atoms with Crippen LogP contribution in [0.4, 0.5) is 22.0 Å². The number of nitrogens with one attached hydrogen (secondary N) is 3. The van der Waals surface area contributed by atoms with Gasteiger partial charge in [-0.15, -0.1) is 11.3 Å². The lowest BCUT2D eigenvalue weighted by molar-refractivity contribution is 0.193. The molecular weight excluding hydrogens is 444 g/mol. The molecule has 3 N–H and O–H groups in total. The lowest BCUT2D eigenvalue weighted by Gasteiger charge is -2.31. The number of carbonyl (C=O) groups is 1. The Morgan fingerprint density at radius 3 is 2.91 bits per heavy atom. The van der Waals surface area contributed by atoms with Crippen LogP contribution in [0.15, 0.2) is 47.6 Å². The molecule has 2 aromatic heterocycles. The molecule has 2 amide bonds. The molecule has 6 rings (SSSR count). The van der Waals surface area contributed by atoms with E-state index in [1.54, 1.807) is 11.3 Å². The largest absolute Gasteiger partial charge is 0.363 e. The maximum atomic E-state index is 12.7. The molecule has 3 aromatic rings. The van der Waals surface area contributed by atoms with Crippen LogP contribution in [-0.2, 0) is 6.42 Å². The molecule has 1 fully saturated rings. The molecular formula is C26H30N6OS. The van der Waals surface area contributed by atoms with Crippen LogP contribution < -0.4 is 16.0 Å². The van der Waals surface area contributed by atoms with Gasteiger partial charge in [0.25, 0.3) is 0 Å². The Bertz CT molecular complexity index is 1230. The molecule has 4 heterocycles. The van der Waals surface area contributed by atoms with Crippen LogP contribution >= 0.6 is 11.3 Å². The third kappa shape index (κ3) is 4.34. The zero-order valence-electron chi connectivity index (χ0n) is 19.2. The van der Waals surface area contributed by atoms with Crippen LogP contribution in [0.25, 0.3) is 10.2 Å². The summed E-state index contributed by atoms with van der Waals surface area (Å²) in [6.07, 6.45) is 11.9. The van der Waals surface area contributed by atoms with Crippen molar-refractivity contribution in [1.29, 1.82) is 0 Å². The average Bonchev–Trinajstić information content (AvgIpc) is 3.52. The average molecular weight is 475 g/mol. The number of nitrogens with zero attached hydrogens (tertiary/aromatic N) is 3. The molecule has 34 heavy (non-hydrogen) atoms. The number of thiazole rings is 1. The summed E-state index contributed by atoms with van der Waals surface area (Å²) in [5.74, 6) is 0.951. The van der Waals surface area contributed by atoms with E-state index in [2.05, 4.69) is 50.2 Å². The smallest absolute Gasteiger partial charge is 0.317 e. The van der Waals surface area contributed by atoms with Crippen LogP contribution in [0.5, 0.6) is 0 Å². The number of pyridine rings is 1. The van der Waals surface area contributed by atoms with E-state index in [-0.39, 0.29) is 12.1 Å². The Kier molecular flexibility index (Phi) is 5.83. The predicted octanol–water partition coefficient (Wildman–Crippen LogP) is 5.45. The van der Waals surface area contributed by atoms with Gasteiger partial charge in [0, 0.05) is 48.7 Å². The van der Waals surface area contributed by atoms with Gasteiger partial charge in [-0.05, 0) is 49.1 Å². The molecule has 1 saturated carbocycles. The first-order chi connectivity index (χ1) is 16.7. The molecule has 8 heteroatoms. The van der Waals surface area contributed by atoms with Crippen molar-refractivity contribution >= 4 is 44.8 Å². The van der Waals surface area contributed by atoms with E-state index in [9.17, 15) is 4.79 Å². The molecule has 0 bridgehead atoms. The Hall–Kier alpha value is -3.13. The molecule has 3 aliphatic rings. The summed E-state index contributed by atoms with van der Waals surface area (Å²) in [7, 11) is 0. The van der Waals surface area contributed by atoms with Gasteiger partial charge in [-0.2, -0.15) is 0 Å². The molecule has 1 unspecified atom stereocenters. The van der Waals surface area contributed by atoms with Crippen LogP contribution in [0.2, 0.25) is 0 Å². The fourth-order valence-corrected chi connectivity index (χ4v) is 6.09. The van der Waals surface area contributed by atoms with E-state index in [1.165, 1.54) is 35.1 Å². The first-order valence-corrected chi connectivity index (χ1v) is 13.2. The highest BCUT2D eigenvalue weighted by Crippen LogP contribution is 2.36. The summed E-state index contributed by atoms with van der Waals surface area (Å²) in [6.45, 7) is 1.45. The van der Waals surface area contributed by atoms with E-state index in [0.29, 0.717) is 12.6 Å². The summed E-state index contributed by atoms with van der Waals surface area (Å²) >= 11 is 1.65. The van der Waals surface area contributed by atoms with Crippen molar-refractivity contribution in [2.24, 2.45) is 0 Å². The van der Waals surface area contributed by atoms with Crippen LogP contribution in [0.3, 0.4) is 0 Å². The van der Waals surface area contributed by atoms with Gasteiger partial charge in [-0.25, -0.2) is 14.8 Å². The zero-order valence-corrected chi connectivity index (χ0v) is 20.0. The standard InChI is InChI=1S/C26H30N6OS/c33-26(30-18-4-2-1-3-5-18)32-12-9-17(10-13-32)23-15-20-21(8-11-27-25(20)31-23)29-19-6-7-22-24(14-19)34-16-28-22/h6-9,11,14,16,18,23H,1-5,10,12-13,15H2,(H,30,33)(H2,27,29,31). The van der Waals surface area contributed by atoms with E-state index in [0.717, 1.165) is 54.9 Å². The van der Waals surface area contributed by atoms with Gasteiger partial charge in [0.15, 0.2) is 0 Å². The molecule has 0 saturated heterocycles. The molecule has 2 aliphatic heterocycles. The molecule has 7 nitrogen and oxygen atoms in total. The summed E-state index contributed by atoms with van der Waals surface area (Å²) < 4.78 is 1.18. The summed E-state index contributed by atoms with van der Waals surface area (Å²) in [4.78, 5) is 23.6. The van der Waals surface area contributed by atoms with Crippen LogP contribution in [-0.4, -0.2) is 46.1 Å². The minimum Gasteiger partial charge on any atom is -0.363 e. The molecule has 1 atom stereocenters. The highest BCUT2D eigenvalue weighted by Gasteiger charge is 2.30. The highest BCUT2D eigenvalue weighted by molar-refractivity contribution is 7.16. The van der Waals surface area contributed by atoms with Crippen molar-refractivity contribution in [3.8, 4) is 0 Å². The van der Waals surface area contributed by atoms with Crippen molar-refractivity contribution in [3.63, 3.8) is 0 Å². The monoisotopic (exact) mass is 474 g/mol. The molecule has 0 radical (unpaired) electrons. The number of anilines is 3. The normalized spacial score (nSPS) is 20.5. The first kappa shape index (κ1) is 21.4. The van der Waals surface area contributed by atoms with Gasteiger partial charge in [-0.3, -0.25) is 0 Å². The van der Waals surface area contributed by atoms with Crippen molar-refractivity contribution in [2.45, 2.75) is 57.0 Å². The van der Waals surface area contributed by atoms with Crippen LogP contribution in [0, 0.1) is 0 Å². The van der Waals surface area contributed by atoms with E-state index in [1.807, 2.05) is 22.7 Å². The maximum Gasteiger partial charge on any atom is 0.317 e. The van der Waals surface area contributed by atoms with Gasteiger partial charge in [0.2, 0.25) is 0 Å². The third-order valence-corrected chi connectivity index (χ3v) is 8.09. The van der Waals surface area contributed by atoms with Crippen molar-refractivity contribution in [2.75, 3.05) is 23.7 Å². The molecule has 176 valence electrons. The Labute approximate surface area is 203 Å². The van der Waals surface area contributed by atoms with Gasteiger partial charge >= 0.3 is 6.03 Å². The quantitative estimate of drug-likeness (QED) is 0.438. The maximum absolute atomic E-state index is 12.7. The fourth-order valence-electron chi connectivity index (χ4n) is 5.37. The van der Waals surface area contributed by atoms with Gasteiger partial charge in [-0.1, -0.05) is 25.3 Å². The van der Waals surface area contributed by atoms with Crippen molar-refractivity contribution in [1.82, 2.24) is 20.2 Å². The third-order valence-electron chi connectivity index (χ3n) is 7.30. The van der Waals surface area contributed by atoms with E-state index < -0.39 is 0 Å². The minimum absolute atomic E-state index is 0.0935. The highest BCUT2D eigenvalue weighted by atomic mass is 32.1. The fraction of sp³-hybridized carbons (Fsp3) is 0.423. The number of fused-ring (bicyclic) bond motifs is 2. The second-order valence-electron chi connectivity index (χ2n) is 9.51. The minimum atomic E-state index is 0.0935. The van der Waals surface area contributed by atoms with Gasteiger partial charge in [0.05, 0.1) is 21.8 Å².